The first-order valence-electron chi connectivity index (χ1n) is 4.77. The molecule has 82 valence electrons. The first-order valence-corrected chi connectivity index (χ1v) is 4.77. The Hall–Kier alpha value is -0.420. The van der Waals surface area contributed by atoms with Crippen LogP contribution in [0.25, 0.3) is 0 Å². The average molecular weight is 202 g/mol. The maximum atomic E-state index is 9.67. The summed E-state index contributed by atoms with van der Waals surface area (Å²) in [6.07, 6.45) is -0.587. The molecule has 0 saturated carbocycles. The molecule has 1 saturated heterocycles. The third-order valence-corrected chi connectivity index (χ3v) is 2.63. The molecule has 4 nitrogen and oxygen atoms in total. The number of aliphatic hydroxyl groups is 2. The molecule has 0 aromatic heterocycles. The number of ether oxygens (including phenoxy) is 2. The zero-order chi connectivity index (χ0) is 10.7. The van der Waals surface area contributed by atoms with Crippen LogP contribution in [0.5, 0.6) is 0 Å². The Morgan fingerprint density at radius 1 is 1.50 bits per heavy atom. The van der Waals surface area contributed by atoms with Crippen molar-refractivity contribution in [1.82, 2.24) is 0 Å². The lowest BCUT2D eigenvalue weighted by atomic mass is 10.0. The van der Waals surface area contributed by atoms with Gasteiger partial charge < -0.3 is 19.7 Å². The van der Waals surface area contributed by atoms with Crippen LogP contribution in [0.2, 0.25) is 0 Å². The zero-order valence-electron chi connectivity index (χ0n) is 8.59. The Morgan fingerprint density at radius 2 is 2.14 bits per heavy atom. The molecule has 1 aliphatic heterocycles. The fourth-order valence-corrected chi connectivity index (χ4v) is 1.66. The van der Waals surface area contributed by atoms with E-state index in [9.17, 15) is 10.2 Å². The van der Waals surface area contributed by atoms with E-state index < -0.39 is 18.3 Å². The summed E-state index contributed by atoms with van der Waals surface area (Å²) in [5, 5.41) is 19.3. The van der Waals surface area contributed by atoms with Gasteiger partial charge in [0.1, 0.15) is 18.3 Å². The largest absolute Gasteiger partial charge is 0.388 e. The lowest BCUT2D eigenvalue weighted by molar-refractivity contribution is -0.0724. The summed E-state index contributed by atoms with van der Waals surface area (Å²) in [7, 11) is 1.55. The van der Waals surface area contributed by atoms with Crippen molar-refractivity contribution < 1.29 is 19.7 Å². The van der Waals surface area contributed by atoms with Gasteiger partial charge >= 0.3 is 0 Å². The molecule has 1 aliphatic rings. The summed E-state index contributed by atoms with van der Waals surface area (Å²) in [6.45, 7) is 5.37. The summed E-state index contributed by atoms with van der Waals surface area (Å²) in [4.78, 5) is 0. The van der Waals surface area contributed by atoms with Gasteiger partial charge in [-0.25, -0.2) is 0 Å². The van der Waals surface area contributed by atoms with Gasteiger partial charge in [-0.05, 0) is 13.3 Å². The number of hydrogen-bond donors (Lipinski definition) is 2. The lowest BCUT2D eigenvalue weighted by Gasteiger charge is -2.20. The Balaban J connectivity index is 2.61. The standard InChI is InChI=1S/C10H18O4/c1-4-5-7-8(11)9(12)10(14-7)6(2)13-3/h4,6-12H,1,5H2,2-3H3. The van der Waals surface area contributed by atoms with Crippen LogP contribution in [0, 0.1) is 0 Å². The Kier molecular flexibility index (Phi) is 4.07. The van der Waals surface area contributed by atoms with Crippen LogP contribution in [0.1, 0.15) is 13.3 Å². The second kappa shape index (κ2) is 4.89. The minimum atomic E-state index is -0.880. The van der Waals surface area contributed by atoms with Gasteiger partial charge in [0.2, 0.25) is 0 Å². The fraction of sp³-hybridized carbons (Fsp3) is 0.800. The highest BCUT2D eigenvalue weighted by Gasteiger charge is 2.44. The molecule has 0 aliphatic carbocycles. The Morgan fingerprint density at radius 3 is 2.64 bits per heavy atom. The van der Waals surface area contributed by atoms with Gasteiger partial charge in [0.25, 0.3) is 0 Å². The molecule has 1 heterocycles. The molecule has 1 fully saturated rings. The van der Waals surface area contributed by atoms with Crippen LogP contribution in [-0.2, 0) is 9.47 Å². The van der Waals surface area contributed by atoms with Crippen molar-refractivity contribution in [2.24, 2.45) is 0 Å². The molecule has 0 aromatic carbocycles. The molecule has 5 unspecified atom stereocenters. The highest BCUT2D eigenvalue weighted by molar-refractivity contribution is 4.95. The monoisotopic (exact) mass is 202 g/mol. The fourth-order valence-electron chi connectivity index (χ4n) is 1.66. The summed E-state index contributed by atoms with van der Waals surface area (Å²) < 4.78 is 10.5. The van der Waals surface area contributed by atoms with Crippen molar-refractivity contribution in [2.75, 3.05) is 7.11 Å². The van der Waals surface area contributed by atoms with Crippen molar-refractivity contribution >= 4 is 0 Å². The van der Waals surface area contributed by atoms with Crippen LogP contribution in [0.4, 0.5) is 0 Å². The van der Waals surface area contributed by atoms with Gasteiger partial charge in [-0.3, -0.25) is 0 Å². The van der Waals surface area contributed by atoms with E-state index in [1.807, 2.05) is 0 Å². The first-order chi connectivity index (χ1) is 6.61. The first kappa shape index (κ1) is 11.7. The number of aliphatic hydroxyl groups excluding tert-OH is 2. The normalized spacial score (nSPS) is 39.7. The van der Waals surface area contributed by atoms with Crippen molar-refractivity contribution in [2.45, 2.75) is 43.9 Å². The van der Waals surface area contributed by atoms with E-state index in [1.165, 1.54) is 0 Å². The molecular formula is C10H18O4. The molecule has 0 radical (unpaired) electrons. The van der Waals surface area contributed by atoms with Crippen LogP contribution >= 0.6 is 0 Å². The third-order valence-electron chi connectivity index (χ3n) is 2.63. The molecule has 4 heteroatoms. The second-order valence-electron chi connectivity index (χ2n) is 3.59. The van der Waals surface area contributed by atoms with E-state index >= 15 is 0 Å². The van der Waals surface area contributed by atoms with Gasteiger partial charge in [-0.15, -0.1) is 6.58 Å². The predicted molar refractivity (Wildman–Crippen MR) is 52.0 cm³/mol. The molecule has 0 spiro atoms. The van der Waals surface area contributed by atoms with E-state index in [1.54, 1.807) is 20.1 Å². The maximum Gasteiger partial charge on any atom is 0.112 e. The minimum Gasteiger partial charge on any atom is -0.388 e. The summed E-state index contributed by atoms with van der Waals surface area (Å²) in [6, 6.07) is 0. The van der Waals surface area contributed by atoms with Gasteiger partial charge in [-0.1, -0.05) is 6.08 Å². The molecule has 5 atom stereocenters. The summed E-state index contributed by atoms with van der Waals surface area (Å²) in [5.74, 6) is 0. The molecule has 1 rings (SSSR count). The third kappa shape index (κ3) is 2.15. The molecule has 0 bridgehead atoms. The van der Waals surface area contributed by atoms with E-state index in [0.29, 0.717) is 6.42 Å². The minimum absolute atomic E-state index is 0.227. The molecule has 0 aromatic rings. The number of rotatable bonds is 4. The zero-order valence-corrected chi connectivity index (χ0v) is 8.59. The summed E-state index contributed by atoms with van der Waals surface area (Å²) in [5.41, 5.74) is 0. The van der Waals surface area contributed by atoms with E-state index in [-0.39, 0.29) is 12.2 Å². The molecular weight excluding hydrogens is 184 g/mol. The van der Waals surface area contributed by atoms with Crippen LogP contribution in [0.3, 0.4) is 0 Å². The number of methoxy groups -OCH3 is 1. The number of hydrogen-bond acceptors (Lipinski definition) is 4. The van der Waals surface area contributed by atoms with E-state index in [4.69, 9.17) is 9.47 Å². The van der Waals surface area contributed by atoms with Crippen molar-refractivity contribution in [1.29, 1.82) is 0 Å². The highest BCUT2D eigenvalue weighted by Crippen LogP contribution is 2.26. The van der Waals surface area contributed by atoms with Crippen molar-refractivity contribution in [3.8, 4) is 0 Å². The predicted octanol–water partition coefficient (Wildman–Crippen LogP) is 0.0866. The van der Waals surface area contributed by atoms with E-state index in [0.717, 1.165) is 0 Å². The smallest absolute Gasteiger partial charge is 0.112 e. The van der Waals surface area contributed by atoms with Gasteiger partial charge in [0.15, 0.2) is 0 Å². The Labute approximate surface area is 84.1 Å². The van der Waals surface area contributed by atoms with Crippen LogP contribution in [-0.4, -0.2) is 47.8 Å². The SMILES string of the molecule is C=CCC1OC(C(C)OC)C(O)C1O. The second-order valence-corrected chi connectivity index (χ2v) is 3.59. The van der Waals surface area contributed by atoms with E-state index in [2.05, 4.69) is 6.58 Å². The van der Waals surface area contributed by atoms with Gasteiger partial charge in [0.05, 0.1) is 12.2 Å². The average Bonchev–Trinajstić information content (AvgIpc) is 2.46. The van der Waals surface area contributed by atoms with Gasteiger partial charge in [-0.2, -0.15) is 0 Å². The maximum absolute atomic E-state index is 9.67. The quantitative estimate of drug-likeness (QED) is 0.634. The van der Waals surface area contributed by atoms with Crippen molar-refractivity contribution in [3.05, 3.63) is 12.7 Å². The topological polar surface area (TPSA) is 58.9 Å². The van der Waals surface area contributed by atoms with Crippen LogP contribution < -0.4 is 0 Å². The van der Waals surface area contributed by atoms with Gasteiger partial charge in [0, 0.05) is 7.11 Å². The van der Waals surface area contributed by atoms with Crippen molar-refractivity contribution in [3.63, 3.8) is 0 Å². The summed E-state index contributed by atoms with van der Waals surface area (Å²) >= 11 is 0. The molecule has 0 amide bonds. The Bertz CT molecular complexity index is 195. The molecule has 2 N–H and O–H groups in total. The lowest BCUT2D eigenvalue weighted by Crippen LogP contribution is -2.38. The highest BCUT2D eigenvalue weighted by atomic mass is 16.6. The van der Waals surface area contributed by atoms with Crippen LogP contribution in [0.15, 0.2) is 12.7 Å². The molecule has 14 heavy (non-hydrogen) atoms.